The number of halogens is 1. The molecule has 0 aliphatic heterocycles. The molecule has 3 heteroatoms. The maximum absolute atomic E-state index is 8.57. The Kier molecular flexibility index (Phi) is 4.25. The van der Waals surface area contributed by atoms with E-state index in [2.05, 4.69) is 15.9 Å². The molecule has 0 radical (unpaired) electrons. The maximum atomic E-state index is 8.57. The first-order valence-corrected chi connectivity index (χ1v) is 5.03. The highest BCUT2D eigenvalue weighted by molar-refractivity contribution is 9.10. The Morgan fingerprint density at radius 2 is 2.23 bits per heavy atom. The van der Waals surface area contributed by atoms with Crippen LogP contribution in [0.5, 0.6) is 5.75 Å². The van der Waals surface area contributed by atoms with Gasteiger partial charge in [0.05, 0.1) is 11.1 Å². The third-order valence-corrected chi connectivity index (χ3v) is 2.27. The molecule has 0 saturated carbocycles. The fraction of sp³-hybridized carbons (Fsp3) is 0.400. The maximum Gasteiger partial charge on any atom is 0.133 e. The lowest BCUT2D eigenvalue weighted by molar-refractivity contribution is 0.233. The van der Waals surface area contributed by atoms with Gasteiger partial charge in [-0.2, -0.15) is 0 Å². The molecule has 1 aromatic carbocycles. The van der Waals surface area contributed by atoms with E-state index >= 15 is 0 Å². The Balaban J connectivity index is 2.56. The molecule has 0 amide bonds. The average Bonchev–Trinajstić information content (AvgIpc) is 2.09. The minimum absolute atomic E-state index is 0.170. The van der Waals surface area contributed by atoms with E-state index < -0.39 is 0 Å². The smallest absolute Gasteiger partial charge is 0.133 e. The van der Waals surface area contributed by atoms with Crippen molar-refractivity contribution in [3.8, 4) is 5.75 Å². The minimum Gasteiger partial charge on any atom is -0.492 e. The Hall–Kier alpha value is -0.540. The molecular weight excluding hydrogens is 232 g/mol. The summed E-state index contributed by atoms with van der Waals surface area (Å²) in [4.78, 5) is 0. The summed E-state index contributed by atoms with van der Waals surface area (Å²) < 4.78 is 6.39. The van der Waals surface area contributed by atoms with E-state index in [-0.39, 0.29) is 6.61 Å². The molecule has 0 atom stereocenters. The molecule has 0 unspecified atom stereocenters. The largest absolute Gasteiger partial charge is 0.492 e. The zero-order chi connectivity index (χ0) is 9.68. The quantitative estimate of drug-likeness (QED) is 0.826. The van der Waals surface area contributed by atoms with Crippen molar-refractivity contribution in [2.45, 2.75) is 13.3 Å². The summed E-state index contributed by atoms with van der Waals surface area (Å²) in [7, 11) is 0. The highest BCUT2D eigenvalue weighted by atomic mass is 79.9. The van der Waals surface area contributed by atoms with Crippen LogP contribution < -0.4 is 4.74 Å². The second-order valence-electron chi connectivity index (χ2n) is 2.86. The van der Waals surface area contributed by atoms with E-state index in [1.54, 1.807) is 0 Å². The summed E-state index contributed by atoms with van der Waals surface area (Å²) in [5.74, 6) is 0.832. The first-order chi connectivity index (χ1) is 6.24. The highest BCUT2D eigenvalue weighted by Gasteiger charge is 1.99. The van der Waals surface area contributed by atoms with Crippen molar-refractivity contribution in [2.24, 2.45) is 0 Å². The van der Waals surface area contributed by atoms with Gasteiger partial charge < -0.3 is 9.84 Å². The van der Waals surface area contributed by atoms with Crippen LogP contribution in [0.25, 0.3) is 0 Å². The van der Waals surface area contributed by atoms with Crippen molar-refractivity contribution in [3.63, 3.8) is 0 Å². The predicted molar refractivity (Wildman–Crippen MR) is 56.1 cm³/mol. The van der Waals surface area contributed by atoms with Crippen LogP contribution in [0, 0.1) is 6.92 Å². The summed E-state index contributed by atoms with van der Waals surface area (Å²) >= 11 is 3.41. The topological polar surface area (TPSA) is 29.5 Å². The number of aryl methyl sites for hydroxylation is 1. The van der Waals surface area contributed by atoms with Gasteiger partial charge in [0.2, 0.25) is 0 Å². The van der Waals surface area contributed by atoms with Gasteiger partial charge in [-0.3, -0.25) is 0 Å². The standard InChI is InChI=1S/C10H13BrO2/c1-8-3-4-10(9(11)7-8)13-6-2-5-12/h3-4,7,12H,2,5-6H2,1H3. The molecule has 1 rings (SSSR count). The van der Waals surface area contributed by atoms with Gasteiger partial charge >= 0.3 is 0 Å². The van der Waals surface area contributed by atoms with Crippen LogP contribution in [0.1, 0.15) is 12.0 Å². The molecule has 0 bridgehead atoms. The van der Waals surface area contributed by atoms with Crippen LogP contribution in [-0.4, -0.2) is 18.3 Å². The van der Waals surface area contributed by atoms with Crippen molar-refractivity contribution in [2.75, 3.05) is 13.2 Å². The van der Waals surface area contributed by atoms with Crippen LogP contribution in [0.3, 0.4) is 0 Å². The van der Waals surface area contributed by atoms with Gasteiger partial charge in [0.25, 0.3) is 0 Å². The van der Waals surface area contributed by atoms with Crippen molar-refractivity contribution in [1.29, 1.82) is 0 Å². The molecule has 0 aliphatic carbocycles. The molecular formula is C10H13BrO2. The van der Waals surface area contributed by atoms with Gasteiger partial charge in [0, 0.05) is 13.0 Å². The van der Waals surface area contributed by atoms with Gasteiger partial charge in [-0.25, -0.2) is 0 Å². The number of ether oxygens (including phenoxy) is 1. The molecule has 0 aromatic heterocycles. The first-order valence-electron chi connectivity index (χ1n) is 4.24. The van der Waals surface area contributed by atoms with Crippen molar-refractivity contribution in [1.82, 2.24) is 0 Å². The Labute approximate surface area is 86.7 Å². The SMILES string of the molecule is Cc1ccc(OCCCO)c(Br)c1. The van der Waals surface area contributed by atoms with E-state index in [4.69, 9.17) is 9.84 Å². The van der Waals surface area contributed by atoms with Gasteiger partial charge in [-0.15, -0.1) is 0 Å². The lowest BCUT2D eigenvalue weighted by Crippen LogP contribution is -2.00. The van der Waals surface area contributed by atoms with Gasteiger partial charge in [-0.1, -0.05) is 6.07 Å². The van der Waals surface area contributed by atoms with Gasteiger partial charge in [0.15, 0.2) is 0 Å². The highest BCUT2D eigenvalue weighted by Crippen LogP contribution is 2.25. The molecule has 0 aliphatic rings. The van der Waals surface area contributed by atoms with Crippen molar-refractivity contribution in [3.05, 3.63) is 28.2 Å². The Morgan fingerprint density at radius 1 is 1.46 bits per heavy atom. The number of rotatable bonds is 4. The van der Waals surface area contributed by atoms with E-state index in [1.165, 1.54) is 5.56 Å². The summed E-state index contributed by atoms with van der Waals surface area (Å²) in [5, 5.41) is 8.57. The number of aliphatic hydroxyl groups is 1. The Morgan fingerprint density at radius 3 is 2.85 bits per heavy atom. The zero-order valence-electron chi connectivity index (χ0n) is 7.59. The molecule has 13 heavy (non-hydrogen) atoms. The van der Waals surface area contributed by atoms with E-state index in [9.17, 15) is 0 Å². The fourth-order valence-electron chi connectivity index (χ4n) is 0.970. The van der Waals surface area contributed by atoms with E-state index in [1.807, 2.05) is 25.1 Å². The third-order valence-electron chi connectivity index (χ3n) is 1.65. The number of benzene rings is 1. The lowest BCUT2D eigenvalue weighted by atomic mass is 10.2. The summed E-state index contributed by atoms with van der Waals surface area (Å²) in [6.45, 7) is 2.75. The van der Waals surface area contributed by atoms with Crippen LogP contribution in [0.15, 0.2) is 22.7 Å². The van der Waals surface area contributed by atoms with E-state index in [0.29, 0.717) is 13.0 Å². The van der Waals surface area contributed by atoms with Crippen LogP contribution in [0.2, 0.25) is 0 Å². The fourth-order valence-corrected chi connectivity index (χ4v) is 1.58. The average molecular weight is 245 g/mol. The van der Waals surface area contributed by atoms with Crippen molar-refractivity contribution >= 4 is 15.9 Å². The molecule has 1 N–H and O–H groups in total. The lowest BCUT2D eigenvalue weighted by Gasteiger charge is -2.07. The predicted octanol–water partition coefficient (Wildman–Crippen LogP) is 2.52. The molecule has 2 nitrogen and oxygen atoms in total. The molecule has 0 fully saturated rings. The molecule has 0 heterocycles. The molecule has 1 aromatic rings. The second kappa shape index (κ2) is 5.25. The number of hydrogen-bond donors (Lipinski definition) is 1. The zero-order valence-corrected chi connectivity index (χ0v) is 9.17. The van der Waals surface area contributed by atoms with Crippen LogP contribution >= 0.6 is 15.9 Å². The summed E-state index contributed by atoms with van der Waals surface area (Å²) in [5.41, 5.74) is 1.20. The summed E-state index contributed by atoms with van der Waals surface area (Å²) in [6, 6.07) is 5.93. The molecule has 0 spiro atoms. The first kappa shape index (κ1) is 10.5. The van der Waals surface area contributed by atoms with Crippen molar-refractivity contribution < 1.29 is 9.84 Å². The number of aliphatic hydroxyl groups excluding tert-OH is 1. The normalized spacial score (nSPS) is 10.1. The minimum atomic E-state index is 0.170. The van der Waals surface area contributed by atoms with Crippen LogP contribution in [-0.2, 0) is 0 Å². The summed E-state index contributed by atoms with van der Waals surface area (Å²) in [6.07, 6.45) is 0.667. The number of hydrogen-bond acceptors (Lipinski definition) is 2. The van der Waals surface area contributed by atoms with Crippen LogP contribution in [0.4, 0.5) is 0 Å². The third kappa shape index (κ3) is 3.36. The Bertz CT molecular complexity index is 274. The van der Waals surface area contributed by atoms with E-state index in [0.717, 1.165) is 10.2 Å². The second-order valence-corrected chi connectivity index (χ2v) is 3.71. The monoisotopic (exact) mass is 244 g/mol. The molecule has 0 saturated heterocycles. The van der Waals surface area contributed by atoms with Gasteiger partial charge in [0.1, 0.15) is 5.75 Å². The molecule has 72 valence electrons. The van der Waals surface area contributed by atoms with Gasteiger partial charge in [-0.05, 0) is 40.5 Å².